The summed E-state index contributed by atoms with van der Waals surface area (Å²) in [5.74, 6) is -0.376. The van der Waals surface area contributed by atoms with Crippen molar-refractivity contribution in [3.8, 4) is 0 Å². The number of aliphatic hydroxyl groups is 1. The molecule has 0 bridgehead atoms. The lowest BCUT2D eigenvalue weighted by molar-refractivity contribution is -0.150. The third-order valence-electron chi connectivity index (χ3n) is 4.34. The molecule has 0 unspecified atom stereocenters. The third kappa shape index (κ3) is 4.14. The number of hydrogen-bond acceptors (Lipinski definition) is 6. The van der Waals surface area contributed by atoms with Gasteiger partial charge in [-0.15, -0.1) is 0 Å². The van der Waals surface area contributed by atoms with Crippen molar-refractivity contribution in [1.82, 2.24) is 4.90 Å². The SMILES string of the molecule is COC(=O)[C@@H]1[C@@H]2OCC[C@@H](CO)C[C@H]2CN1C(=O)OC(C)(C)C. The summed E-state index contributed by atoms with van der Waals surface area (Å²) in [6.07, 6.45) is 0.522. The van der Waals surface area contributed by atoms with E-state index in [9.17, 15) is 14.7 Å². The molecule has 1 N–H and O–H groups in total. The van der Waals surface area contributed by atoms with Gasteiger partial charge in [0.2, 0.25) is 0 Å². The Morgan fingerprint density at radius 1 is 1.35 bits per heavy atom. The van der Waals surface area contributed by atoms with E-state index in [1.54, 1.807) is 20.8 Å². The number of methoxy groups -OCH3 is 1. The number of likely N-dealkylation sites (tertiary alicyclic amines) is 1. The van der Waals surface area contributed by atoms with Crippen LogP contribution in [0.4, 0.5) is 4.79 Å². The lowest BCUT2D eigenvalue weighted by Crippen LogP contribution is -2.48. The summed E-state index contributed by atoms with van der Waals surface area (Å²) in [6, 6.07) is -0.794. The van der Waals surface area contributed by atoms with Crippen LogP contribution in [0.5, 0.6) is 0 Å². The molecule has 0 saturated carbocycles. The van der Waals surface area contributed by atoms with Crippen LogP contribution in [0, 0.1) is 11.8 Å². The summed E-state index contributed by atoms with van der Waals surface area (Å²) in [5, 5.41) is 9.43. The first kappa shape index (κ1) is 18.0. The maximum absolute atomic E-state index is 12.5. The van der Waals surface area contributed by atoms with E-state index in [0.29, 0.717) is 19.6 Å². The number of nitrogens with zero attached hydrogens (tertiary/aromatic N) is 1. The van der Waals surface area contributed by atoms with E-state index >= 15 is 0 Å². The van der Waals surface area contributed by atoms with Gasteiger partial charge in [-0.05, 0) is 39.5 Å². The molecular formula is C16H27NO6. The van der Waals surface area contributed by atoms with Crippen molar-refractivity contribution < 1.29 is 28.9 Å². The summed E-state index contributed by atoms with van der Waals surface area (Å²) in [5.41, 5.74) is -0.642. The number of amides is 1. The van der Waals surface area contributed by atoms with E-state index in [1.165, 1.54) is 12.0 Å². The number of carbonyl (C=O) groups excluding carboxylic acids is 2. The van der Waals surface area contributed by atoms with E-state index in [0.717, 1.165) is 6.42 Å². The largest absolute Gasteiger partial charge is 0.467 e. The van der Waals surface area contributed by atoms with Crippen LogP contribution in [0.15, 0.2) is 0 Å². The van der Waals surface area contributed by atoms with Crippen LogP contribution < -0.4 is 0 Å². The fraction of sp³-hybridized carbons (Fsp3) is 0.875. The average Bonchev–Trinajstić information content (AvgIpc) is 2.70. The first-order chi connectivity index (χ1) is 10.8. The summed E-state index contributed by atoms with van der Waals surface area (Å²) in [6.45, 7) is 6.26. The van der Waals surface area contributed by atoms with Crippen molar-refractivity contribution in [2.45, 2.75) is 51.4 Å². The highest BCUT2D eigenvalue weighted by Gasteiger charge is 2.51. The molecule has 1 amide bonds. The number of hydrogen-bond donors (Lipinski definition) is 1. The van der Waals surface area contributed by atoms with E-state index in [2.05, 4.69) is 0 Å². The number of aliphatic hydroxyl groups excluding tert-OH is 1. The van der Waals surface area contributed by atoms with E-state index in [4.69, 9.17) is 14.2 Å². The standard InChI is InChI=1S/C16H27NO6/c1-16(2,3)23-15(20)17-8-11-7-10(9-18)5-6-22-13(11)12(17)14(19)21-4/h10-13,18H,5-9H2,1-4H3/t10-,11+,12+,13-/m1/s1. The Morgan fingerprint density at radius 3 is 2.61 bits per heavy atom. The van der Waals surface area contributed by atoms with Crippen LogP contribution in [0.25, 0.3) is 0 Å². The second-order valence-corrected chi connectivity index (χ2v) is 7.27. The maximum Gasteiger partial charge on any atom is 0.411 e. The van der Waals surface area contributed by atoms with Gasteiger partial charge in [0.1, 0.15) is 5.60 Å². The van der Waals surface area contributed by atoms with E-state index in [-0.39, 0.29) is 18.4 Å². The molecule has 2 saturated heterocycles. The van der Waals surface area contributed by atoms with Crippen molar-refractivity contribution in [2.75, 3.05) is 26.9 Å². The fourth-order valence-electron chi connectivity index (χ4n) is 3.31. The Hall–Kier alpha value is -1.34. The van der Waals surface area contributed by atoms with Gasteiger partial charge in [-0.25, -0.2) is 9.59 Å². The number of esters is 1. The highest BCUT2D eigenvalue weighted by atomic mass is 16.6. The fourth-order valence-corrected chi connectivity index (χ4v) is 3.31. The summed E-state index contributed by atoms with van der Waals surface area (Å²) in [7, 11) is 1.30. The number of ether oxygens (including phenoxy) is 3. The second-order valence-electron chi connectivity index (χ2n) is 7.27. The Bertz CT molecular complexity index is 446. The number of carbonyl (C=O) groups is 2. The molecule has 23 heavy (non-hydrogen) atoms. The van der Waals surface area contributed by atoms with Crippen molar-refractivity contribution >= 4 is 12.1 Å². The van der Waals surface area contributed by atoms with Crippen molar-refractivity contribution in [1.29, 1.82) is 0 Å². The van der Waals surface area contributed by atoms with Crippen molar-refractivity contribution in [3.63, 3.8) is 0 Å². The predicted molar refractivity (Wildman–Crippen MR) is 81.8 cm³/mol. The zero-order valence-corrected chi connectivity index (χ0v) is 14.3. The van der Waals surface area contributed by atoms with Gasteiger partial charge in [-0.3, -0.25) is 4.90 Å². The Morgan fingerprint density at radius 2 is 2.04 bits per heavy atom. The van der Waals surface area contributed by atoms with E-state index < -0.39 is 29.8 Å². The molecule has 2 rings (SSSR count). The Labute approximate surface area is 136 Å². The highest BCUT2D eigenvalue weighted by Crippen LogP contribution is 2.36. The molecule has 2 aliphatic rings. The molecule has 0 spiro atoms. The number of rotatable bonds is 2. The van der Waals surface area contributed by atoms with Crippen LogP contribution >= 0.6 is 0 Å². The smallest absolute Gasteiger partial charge is 0.411 e. The topological polar surface area (TPSA) is 85.3 Å². The zero-order valence-electron chi connectivity index (χ0n) is 14.3. The summed E-state index contributed by atoms with van der Waals surface area (Å²) in [4.78, 5) is 26.1. The average molecular weight is 329 g/mol. The van der Waals surface area contributed by atoms with Crippen molar-refractivity contribution in [2.24, 2.45) is 11.8 Å². The Balaban J connectivity index is 2.21. The van der Waals surface area contributed by atoms with Crippen LogP contribution in [0.2, 0.25) is 0 Å². The monoisotopic (exact) mass is 329 g/mol. The van der Waals surface area contributed by atoms with Crippen LogP contribution in [-0.4, -0.2) is 66.7 Å². The van der Waals surface area contributed by atoms with Crippen molar-refractivity contribution in [3.05, 3.63) is 0 Å². The molecule has 0 aromatic heterocycles. The highest BCUT2D eigenvalue weighted by molar-refractivity contribution is 5.83. The lowest BCUT2D eigenvalue weighted by atomic mass is 9.90. The molecule has 2 heterocycles. The van der Waals surface area contributed by atoms with Gasteiger partial charge >= 0.3 is 12.1 Å². The van der Waals surface area contributed by atoms with Crippen LogP contribution in [0.3, 0.4) is 0 Å². The van der Waals surface area contributed by atoms with E-state index in [1.807, 2.05) is 0 Å². The predicted octanol–water partition coefficient (Wildman–Crippen LogP) is 1.18. The van der Waals surface area contributed by atoms with Gasteiger partial charge in [0.25, 0.3) is 0 Å². The molecular weight excluding hydrogens is 302 g/mol. The lowest BCUT2D eigenvalue weighted by Gasteiger charge is -2.28. The summed E-state index contributed by atoms with van der Waals surface area (Å²) < 4.78 is 16.1. The Kier molecular flexibility index (Phi) is 5.52. The van der Waals surface area contributed by atoms with Crippen LogP contribution in [-0.2, 0) is 19.0 Å². The molecule has 0 radical (unpaired) electrons. The third-order valence-corrected chi connectivity index (χ3v) is 4.34. The first-order valence-corrected chi connectivity index (χ1v) is 8.06. The molecule has 7 nitrogen and oxygen atoms in total. The molecule has 132 valence electrons. The number of fused-ring (bicyclic) bond motifs is 1. The normalized spacial score (nSPS) is 31.3. The molecule has 4 atom stereocenters. The molecule has 2 fully saturated rings. The molecule has 0 aliphatic carbocycles. The van der Waals surface area contributed by atoms with Gasteiger partial charge in [0.05, 0.1) is 13.2 Å². The minimum atomic E-state index is -0.794. The molecule has 0 aromatic rings. The van der Waals surface area contributed by atoms with Gasteiger partial charge in [0, 0.05) is 25.7 Å². The van der Waals surface area contributed by atoms with Gasteiger partial charge in [-0.2, -0.15) is 0 Å². The van der Waals surface area contributed by atoms with Gasteiger partial charge in [-0.1, -0.05) is 0 Å². The minimum Gasteiger partial charge on any atom is -0.467 e. The van der Waals surface area contributed by atoms with Gasteiger partial charge < -0.3 is 19.3 Å². The zero-order chi connectivity index (χ0) is 17.2. The quantitative estimate of drug-likeness (QED) is 0.766. The molecule has 0 aromatic carbocycles. The van der Waals surface area contributed by atoms with Gasteiger partial charge in [0.15, 0.2) is 6.04 Å². The maximum atomic E-state index is 12.5. The first-order valence-electron chi connectivity index (χ1n) is 8.06. The molecule has 7 heteroatoms. The van der Waals surface area contributed by atoms with Crippen LogP contribution in [0.1, 0.15) is 33.6 Å². The second kappa shape index (κ2) is 7.05. The molecule has 2 aliphatic heterocycles. The minimum absolute atomic E-state index is 0.00808. The summed E-state index contributed by atoms with van der Waals surface area (Å²) >= 11 is 0.